The zero-order valence-electron chi connectivity index (χ0n) is 13.1. The van der Waals surface area contributed by atoms with Crippen LogP contribution >= 0.6 is 11.6 Å². The Balaban J connectivity index is 2.52. The first-order valence-electron chi connectivity index (χ1n) is 6.97. The maximum absolute atomic E-state index is 11.6. The number of aliphatic imine (C=N–C) groups is 1. The molecular formula is C14H24ClN5O. The molecule has 2 N–H and O–H groups in total. The van der Waals surface area contributed by atoms with Gasteiger partial charge in [-0.2, -0.15) is 0 Å². The number of aryl methyl sites for hydroxylation is 1. The van der Waals surface area contributed by atoms with Crippen molar-refractivity contribution in [3.05, 3.63) is 23.0 Å². The number of nitrogens with one attached hydrogen (secondary N) is 2. The topological polar surface area (TPSA) is 61.7 Å². The van der Waals surface area contributed by atoms with E-state index in [-0.39, 0.29) is 12.5 Å². The van der Waals surface area contributed by atoms with Crippen molar-refractivity contribution in [2.45, 2.75) is 19.9 Å². The average Bonchev–Trinajstić information content (AvgIpc) is 2.75. The van der Waals surface area contributed by atoms with Crippen LogP contribution in [-0.2, 0) is 18.4 Å². The third kappa shape index (κ3) is 5.67. The Kier molecular flexibility index (Phi) is 7.08. The van der Waals surface area contributed by atoms with Crippen molar-refractivity contribution < 1.29 is 4.79 Å². The smallest absolute Gasteiger partial charge is 0.239 e. The predicted octanol–water partition coefficient (Wildman–Crippen LogP) is 1.21. The third-order valence-electron chi connectivity index (χ3n) is 3.03. The van der Waals surface area contributed by atoms with Crippen molar-refractivity contribution in [1.82, 2.24) is 20.1 Å². The Bertz CT molecular complexity index is 498. The molecule has 21 heavy (non-hydrogen) atoms. The molecule has 0 radical (unpaired) electrons. The zero-order valence-corrected chi connectivity index (χ0v) is 13.9. The summed E-state index contributed by atoms with van der Waals surface area (Å²) in [5, 5.41) is 6.57. The van der Waals surface area contributed by atoms with E-state index in [4.69, 9.17) is 11.6 Å². The number of aromatic nitrogens is 1. The summed E-state index contributed by atoms with van der Waals surface area (Å²) in [6, 6.07) is 1.92. The van der Waals surface area contributed by atoms with Crippen LogP contribution in [0.2, 0.25) is 5.02 Å². The number of amides is 1. The van der Waals surface area contributed by atoms with Crippen LogP contribution in [-0.4, -0.2) is 48.5 Å². The summed E-state index contributed by atoms with van der Waals surface area (Å²) in [4.78, 5) is 17.7. The third-order valence-corrected chi connectivity index (χ3v) is 3.23. The van der Waals surface area contributed by atoms with Gasteiger partial charge >= 0.3 is 0 Å². The van der Waals surface area contributed by atoms with Gasteiger partial charge in [-0.1, -0.05) is 18.5 Å². The number of hydrogen-bond donors (Lipinski definition) is 2. The molecule has 1 rings (SSSR count). The molecule has 1 amide bonds. The van der Waals surface area contributed by atoms with Crippen molar-refractivity contribution in [1.29, 1.82) is 0 Å². The standard InChI is InChI=1S/C14H24ClN5O/c1-5-6-17-13(21)8-18-14(16-2)20(4)10-12-7-11(15)9-19(12)3/h7,9H,5-6,8,10H2,1-4H3,(H,16,18)(H,17,21). The molecule has 0 atom stereocenters. The molecule has 6 nitrogen and oxygen atoms in total. The van der Waals surface area contributed by atoms with Crippen molar-refractivity contribution in [3.63, 3.8) is 0 Å². The number of halogens is 1. The van der Waals surface area contributed by atoms with E-state index >= 15 is 0 Å². The largest absolute Gasteiger partial charge is 0.355 e. The fourth-order valence-electron chi connectivity index (χ4n) is 1.91. The van der Waals surface area contributed by atoms with Crippen LogP contribution in [0, 0.1) is 0 Å². The van der Waals surface area contributed by atoms with Gasteiger partial charge in [0.2, 0.25) is 5.91 Å². The summed E-state index contributed by atoms with van der Waals surface area (Å²) in [7, 11) is 5.56. The second-order valence-electron chi connectivity index (χ2n) is 4.87. The van der Waals surface area contributed by atoms with Gasteiger partial charge in [-0.25, -0.2) is 0 Å². The molecular weight excluding hydrogens is 290 g/mol. The molecule has 0 fully saturated rings. The molecule has 1 aromatic heterocycles. The lowest BCUT2D eigenvalue weighted by Gasteiger charge is -2.22. The predicted molar refractivity (Wildman–Crippen MR) is 86.6 cm³/mol. The number of guanidine groups is 1. The van der Waals surface area contributed by atoms with Crippen molar-refractivity contribution in [2.24, 2.45) is 12.0 Å². The first kappa shape index (κ1) is 17.4. The maximum Gasteiger partial charge on any atom is 0.239 e. The van der Waals surface area contributed by atoms with Gasteiger partial charge in [0.15, 0.2) is 5.96 Å². The van der Waals surface area contributed by atoms with Gasteiger partial charge in [-0.15, -0.1) is 0 Å². The highest BCUT2D eigenvalue weighted by Crippen LogP contribution is 2.14. The van der Waals surface area contributed by atoms with Crippen LogP contribution in [0.15, 0.2) is 17.3 Å². The highest BCUT2D eigenvalue weighted by molar-refractivity contribution is 6.30. The van der Waals surface area contributed by atoms with Gasteiger partial charge in [-0.3, -0.25) is 9.79 Å². The molecule has 0 aliphatic carbocycles. The Morgan fingerprint density at radius 1 is 1.48 bits per heavy atom. The molecule has 0 saturated heterocycles. The molecule has 1 aromatic rings. The van der Waals surface area contributed by atoms with Crippen molar-refractivity contribution in [3.8, 4) is 0 Å². The Hall–Kier alpha value is -1.69. The maximum atomic E-state index is 11.6. The summed E-state index contributed by atoms with van der Waals surface area (Å²) in [5.41, 5.74) is 1.07. The average molecular weight is 314 g/mol. The normalized spacial score (nSPS) is 11.4. The van der Waals surface area contributed by atoms with Crippen LogP contribution in [0.4, 0.5) is 0 Å². The first-order chi connectivity index (χ1) is 9.97. The van der Waals surface area contributed by atoms with Gasteiger partial charge in [0, 0.05) is 39.6 Å². The number of carbonyl (C=O) groups excluding carboxylic acids is 1. The number of carbonyl (C=O) groups is 1. The van der Waals surface area contributed by atoms with E-state index in [1.54, 1.807) is 7.05 Å². The van der Waals surface area contributed by atoms with E-state index in [0.29, 0.717) is 24.1 Å². The number of hydrogen-bond acceptors (Lipinski definition) is 2. The fourth-order valence-corrected chi connectivity index (χ4v) is 2.18. The van der Waals surface area contributed by atoms with E-state index in [2.05, 4.69) is 15.6 Å². The van der Waals surface area contributed by atoms with Gasteiger partial charge in [0.25, 0.3) is 0 Å². The minimum atomic E-state index is -0.0340. The highest BCUT2D eigenvalue weighted by atomic mass is 35.5. The Labute approximate surface area is 131 Å². The minimum Gasteiger partial charge on any atom is -0.355 e. The fraction of sp³-hybridized carbons (Fsp3) is 0.571. The lowest BCUT2D eigenvalue weighted by atomic mass is 10.4. The molecule has 0 aliphatic rings. The van der Waals surface area contributed by atoms with Crippen LogP contribution in [0.1, 0.15) is 19.0 Å². The minimum absolute atomic E-state index is 0.0340. The molecule has 0 aromatic carbocycles. The van der Waals surface area contributed by atoms with Gasteiger partial charge in [-0.05, 0) is 12.5 Å². The lowest BCUT2D eigenvalue weighted by molar-refractivity contribution is -0.120. The quantitative estimate of drug-likeness (QED) is 0.613. The second kappa shape index (κ2) is 8.56. The lowest BCUT2D eigenvalue weighted by Crippen LogP contribution is -2.44. The summed E-state index contributed by atoms with van der Waals surface area (Å²) >= 11 is 5.98. The molecule has 0 aliphatic heterocycles. The molecule has 0 bridgehead atoms. The van der Waals surface area contributed by atoms with Crippen molar-refractivity contribution >= 4 is 23.5 Å². The van der Waals surface area contributed by atoms with E-state index in [0.717, 1.165) is 12.1 Å². The molecule has 0 spiro atoms. The van der Waals surface area contributed by atoms with Crippen LogP contribution in [0.5, 0.6) is 0 Å². The highest BCUT2D eigenvalue weighted by Gasteiger charge is 2.10. The summed E-state index contributed by atoms with van der Waals surface area (Å²) in [6.07, 6.45) is 2.79. The molecule has 0 unspecified atom stereocenters. The van der Waals surface area contributed by atoms with Crippen LogP contribution in [0.25, 0.3) is 0 Å². The van der Waals surface area contributed by atoms with E-state index in [1.807, 2.05) is 42.7 Å². The summed E-state index contributed by atoms with van der Waals surface area (Å²) < 4.78 is 1.97. The first-order valence-corrected chi connectivity index (χ1v) is 7.35. The monoisotopic (exact) mass is 313 g/mol. The SMILES string of the molecule is CCCNC(=O)CNC(=NC)N(C)Cc1cc(Cl)cn1C. The molecule has 1 heterocycles. The van der Waals surface area contributed by atoms with Crippen molar-refractivity contribution in [2.75, 3.05) is 27.2 Å². The van der Waals surface area contributed by atoms with Crippen LogP contribution in [0.3, 0.4) is 0 Å². The number of rotatable bonds is 6. The summed E-state index contributed by atoms with van der Waals surface area (Å²) in [6.45, 7) is 3.58. The molecule has 0 saturated carbocycles. The zero-order chi connectivity index (χ0) is 15.8. The van der Waals surface area contributed by atoms with E-state index < -0.39 is 0 Å². The van der Waals surface area contributed by atoms with E-state index in [9.17, 15) is 4.79 Å². The van der Waals surface area contributed by atoms with E-state index in [1.165, 1.54) is 0 Å². The Morgan fingerprint density at radius 2 is 2.19 bits per heavy atom. The van der Waals surface area contributed by atoms with Gasteiger partial charge in [0.1, 0.15) is 0 Å². The molecule has 118 valence electrons. The number of nitrogens with zero attached hydrogens (tertiary/aromatic N) is 3. The van der Waals surface area contributed by atoms with Gasteiger partial charge < -0.3 is 20.1 Å². The summed E-state index contributed by atoms with van der Waals surface area (Å²) in [5.74, 6) is 0.632. The Morgan fingerprint density at radius 3 is 2.71 bits per heavy atom. The van der Waals surface area contributed by atoms with Gasteiger partial charge in [0.05, 0.1) is 18.1 Å². The second-order valence-corrected chi connectivity index (χ2v) is 5.30. The molecule has 7 heteroatoms. The van der Waals surface area contributed by atoms with Crippen LogP contribution < -0.4 is 10.6 Å².